The number of nitrogens with two attached hydrogens (primary N) is 1. The molecule has 1 amide bonds. The number of hydrogen-bond acceptors (Lipinski definition) is 3. The number of carbonyl (C=O) groups is 2. The number of rotatable bonds is 2. The highest BCUT2D eigenvalue weighted by Crippen LogP contribution is 2.30. The molecule has 6 heteroatoms. The van der Waals surface area contributed by atoms with Crippen LogP contribution in [0.5, 0.6) is 0 Å². The fourth-order valence-corrected chi connectivity index (χ4v) is 2.86. The molecule has 0 saturated carbocycles. The number of carboxylic acid groups (broad SMARTS) is 1. The van der Waals surface area contributed by atoms with E-state index in [9.17, 15) is 14.7 Å². The molecule has 1 fully saturated rings. The normalized spacial score (nSPS) is 22.6. The number of hydrogen-bond donors (Lipinski definition) is 2. The van der Waals surface area contributed by atoms with E-state index in [0.717, 1.165) is 12.8 Å². The third-order valence-corrected chi connectivity index (χ3v) is 4.53. The fraction of sp³-hybridized carbons (Fsp3) is 0.429. The minimum absolute atomic E-state index is 0.268. The number of benzene rings is 1. The molecular formula is C14H17BrN2O3. The smallest absolute Gasteiger partial charge is 0.329 e. The van der Waals surface area contributed by atoms with Crippen LogP contribution in [0.3, 0.4) is 0 Å². The molecule has 0 bridgehead atoms. The number of likely N-dealkylation sites (tertiary alicyclic amines) is 1. The van der Waals surface area contributed by atoms with E-state index in [1.165, 1.54) is 4.90 Å². The van der Waals surface area contributed by atoms with Crippen LogP contribution in [0.2, 0.25) is 0 Å². The SMILES string of the molecule is CC1(C(=O)O)CCCCN1C(=O)c1ccc(N)c(Br)c1. The predicted molar refractivity (Wildman–Crippen MR) is 79.5 cm³/mol. The number of carboxylic acids is 1. The highest BCUT2D eigenvalue weighted by atomic mass is 79.9. The van der Waals surface area contributed by atoms with Crippen molar-refractivity contribution in [3.8, 4) is 0 Å². The second-order valence-corrected chi connectivity index (χ2v) is 6.08. The summed E-state index contributed by atoms with van der Waals surface area (Å²) < 4.78 is 0.636. The van der Waals surface area contributed by atoms with Crippen LogP contribution in [0.15, 0.2) is 22.7 Å². The first-order chi connectivity index (χ1) is 9.36. The number of anilines is 1. The number of halogens is 1. The minimum Gasteiger partial charge on any atom is -0.480 e. The number of aliphatic carboxylic acids is 1. The zero-order chi connectivity index (χ0) is 14.9. The van der Waals surface area contributed by atoms with Crippen molar-refractivity contribution in [2.24, 2.45) is 0 Å². The van der Waals surface area contributed by atoms with Gasteiger partial charge in [-0.2, -0.15) is 0 Å². The predicted octanol–water partition coefficient (Wildman–Crippen LogP) is 2.50. The number of piperidine rings is 1. The quantitative estimate of drug-likeness (QED) is 0.810. The summed E-state index contributed by atoms with van der Waals surface area (Å²) in [6, 6.07) is 4.90. The van der Waals surface area contributed by atoms with Crippen molar-refractivity contribution >= 4 is 33.5 Å². The molecule has 0 aromatic heterocycles. The number of nitrogen functional groups attached to an aromatic ring is 1. The van der Waals surface area contributed by atoms with Crippen molar-refractivity contribution in [3.63, 3.8) is 0 Å². The molecule has 3 N–H and O–H groups in total. The zero-order valence-corrected chi connectivity index (χ0v) is 12.8. The van der Waals surface area contributed by atoms with Crippen LogP contribution in [0.25, 0.3) is 0 Å². The van der Waals surface area contributed by atoms with Crippen molar-refractivity contribution in [3.05, 3.63) is 28.2 Å². The van der Waals surface area contributed by atoms with Crippen LogP contribution in [0.4, 0.5) is 5.69 Å². The Kier molecular flexibility index (Phi) is 4.04. The van der Waals surface area contributed by atoms with Gasteiger partial charge >= 0.3 is 5.97 Å². The monoisotopic (exact) mass is 340 g/mol. The lowest BCUT2D eigenvalue weighted by Gasteiger charge is -2.41. The molecule has 1 aliphatic heterocycles. The van der Waals surface area contributed by atoms with Crippen molar-refractivity contribution in [1.29, 1.82) is 0 Å². The summed E-state index contributed by atoms with van der Waals surface area (Å²) in [5.41, 5.74) is 5.55. The summed E-state index contributed by atoms with van der Waals surface area (Å²) in [7, 11) is 0. The molecule has 1 saturated heterocycles. The largest absolute Gasteiger partial charge is 0.480 e. The summed E-state index contributed by atoms with van der Waals surface area (Å²) in [5.74, 6) is -1.23. The number of amides is 1. The topological polar surface area (TPSA) is 83.6 Å². The van der Waals surface area contributed by atoms with Gasteiger partial charge in [-0.3, -0.25) is 4.79 Å². The third kappa shape index (κ3) is 2.52. The van der Waals surface area contributed by atoms with Gasteiger partial charge in [0.15, 0.2) is 0 Å². The van der Waals surface area contributed by atoms with Gasteiger partial charge < -0.3 is 15.7 Å². The van der Waals surface area contributed by atoms with Crippen molar-refractivity contribution in [1.82, 2.24) is 4.90 Å². The van der Waals surface area contributed by atoms with Gasteiger partial charge in [0.05, 0.1) is 0 Å². The Morgan fingerprint density at radius 2 is 2.10 bits per heavy atom. The van der Waals surface area contributed by atoms with Gasteiger partial charge in [0.1, 0.15) is 5.54 Å². The average molecular weight is 341 g/mol. The Labute approximate surface area is 125 Å². The molecule has 108 valence electrons. The molecule has 20 heavy (non-hydrogen) atoms. The van der Waals surface area contributed by atoms with E-state index in [-0.39, 0.29) is 5.91 Å². The van der Waals surface area contributed by atoms with Gasteiger partial charge in [-0.15, -0.1) is 0 Å². The third-order valence-electron chi connectivity index (χ3n) is 3.84. The highest BCUT2D eigenvalue weighted by molar-refractivity contribution is 9.10. The molecule has 5 nitrogen and oxygen atoms in total. The lowest BCUT2D eigenvalue weighted by molar-refractivity contribution is -0.150. The molecule has 1 heterocycles. The van der Waals surface area contributed by atoms with Crippen LogP contribution < -0.4 is 5.73 Å². The Balaban J connectivity index is 2.35. The molecule has 2 rings (SSSR count). The summed E-state index contributed by atoms with van der Waals surface area (Å²) in [5, 5.41) is 9.44. The van der Waals surface area contributed by atoms with Gasteiger partial charge in [-0.1, -0.05) is 0 Å². The lowest BCUT2D eigenvalue weighted by atomic mass is 9.88. The van der Waals surface area contributed by atoms with Crippen LogP contribution in [-0.4, -0.2) is 34.0 Å². The first-order valence-corrected chi connectivity index (χ1v) is 7.26. The molecule has 0 spiro atoms. The molecule has 1 aromatic rings. The van der Waals surface area contributed by atoms with E-state index < -0.39 is 11.5 Å². The van der Waals surface area contributed by atoms with Gasteiger partial charge in [-0.05, 0) is 60.3 Å². The van der Waals surface area contributed by atoms with Gasteiger partial charge in [0.2, 0.25) is 0 Å². The van der Waals surface area contributed by atoms with E-state index in [1.807, 2.05) is 0 Å². The van der Waals surface area contributed by atoms with Crippen molar-refractivity contribution < 1.29 is 14.7 Å². The highest BCUT2D eigenvalue weighted by Gasteiger charge is 2.44. The second-order valence-electron chi connectivity index (χ2n) is 5.23. The summed E-state index contributed by atoms with van der Waals surface area (Å²) in [6.07, 6.45) is 2.12. The molecule has 0 radical (unpaired) electrons. The summed E-state index contributed by atoms with van der Waals surface area (Å²) in [6.45, 7) is 2.07. The van der Waals surface area contributed by atoms with E-state index in [4.69, 9.17) is 5.73 Å². The maximum atomic E-state index is 12.6. The van der Waals surface area contributed by atoms with Crippen molar-refractivity contribution in [2.45, 2.75) is 31.7 Å². The van der Waals surface area contributed by atoms with Crippen LogP contribution in [0, 0.1) is 0 Å². The van der Waals surface area contributed by atoms with E-state index in [2.05, 4.69) is 15.9 Å². The van der Waals surface area contributed by atoms with E-state index in [0.29, 0.717) is 28.7 Å². The summed E-state index contributed by atoms with van der Waals surface area (Å²) >= 11 is 3.28. The Morgan fingerprint density at radius 1 is 1.40 bits per heavy atom. The number of carbonyl (C=O) groups excluding carboxylic acids is 1. The van der Waals surface area contributed by atoms with Crippen molar-refractivity contribution in [2.75, 3.05) is 12.3 Å². The molecule has 0 aliphatic carbocycles. The maximum Gasteiger partial charge on any atom is 0.329 e. The van der Waals surface area contributed by atoms with E-state index >= 15 is 0 Å². The van der Waals surface area contributed by atoms with E-state index in [1.54, 1.807) is 25.1 Å². The van der Waals surface area contributed by atoms with Gasteiger partial charge in [0, 0.05) is 22.3 Å². The molecule has 1 atom stereocenters. The Morgan fingerprint density at radius 3 is 2.70 bits per heavy atom. The van der Waals surface area contributed by atoms with Crippen LogP contribution in [0.1, 0.15) is 36.5 Å². The molecule has 1 aromatic carbocycles. The second kappa shape index (κ2) is 5.44. The Bertz CT molecular complexity index is 561. The first kappa shape index (κ1) is 14.8. The molecule has 1 unspecified atom stereocenters. The number of nitrogens with zero attached hydrogens (tertiary/aromatic N) is 1. The summed E-state index contributed by atoms with van der Waals surface area (Å²) in [4.78, 5) is 25.6. The van der Waals surface area contributed by atoms with Gasteiger partial charge in [-0.25, -0.2) is 4.79 Å². The Hall–Kier alpha value is -1.56. The molecular weight excluding hydrogens is 324 g/mol. The standard InChI is InChI=1S/C14H17BrN2O3/c1-14(13(19)20)6-2-3-7-17(14)12(18)9-4-5-11(16)10(15)8-9/h4-5,8H,2-3,6-7,16H2,1H3,(H,19,20). The first-order valence-electron chi connectivity index (χ1n) is 6.46. The van der Waals surface area contributed by atoms with Crippen LogP contribution in [-0.2, 0) is 4.79 Å². The average Bonchev–Trinajstić information content (AvgIpc) is 2.41. The molecule has 1 aliphatic rings. The zero-order valence-electron chi connectivity index (χ0n) is 11.2. The van der Waals surface area contributed by atoms with Crippen LogP contribution >= 0.6 is 15.9 Å². The minimum atomic E-state index is -1.14. The lowest BCUT2D eigenvalue weighted by Crippen LogP contribution is -2.57. The van der Waals surface area contributed by atoms with Gasteiger partial charge in [0.25, 0.3) is 5.91 Å². The fourth-order valence-electron chi connectivity index (χ4n) is 2.48. The maximum absolute atomic E-state index is 12.6.